The van der Waals surface area contributed by atoms with Crippen LogP contribution in [-0.2, 0) is 11.3 Å². The Bertz CT molecular complexity index is 723. The van der Waals surface area contributed by atoms with Gasteiger partial charge in [-0.3, -0.25) is 10.3 Å². The second-order valence-corrected chi connectivity index (χ2v) is 4.19. The summed E-state index contributed by atoms with van der Waals surface area (Å²) in [4.78, 5) is 15.9. The predicted octanol–water partition coefficient (Wildman–Crippen LogP) is 3.58. The number of carbonyl (C=O) groups is 1. The third-order valence-electron chi connectivity index (χ3n) is 2.78. The SMILES string of the molecule is O=C(Nc1ccc2ncccc2c1)OCc1ccco1. The second-order valence-electron chi connectivity index (χ2n) is 4.19. The molecule has 3 aromatic rings. The summed E-state index contributed by atoms with van der Waals surface area (Å²) in [6.45, 7) is 0.105. The normalized spacial score (nSPS) is 10.4. The van der Waals surface area contributed by atoms with Gasteiger partial charge in [-0.2, -0.15) is 0 Å². The molecular weight excluding hydrogens is 256 g/mol. The van der Waals surface area contributed by atoms with Gasteiger partial charge in [-0.25, -0.2) is 4.79 Å². The minimum atomic E-state index is -0.523. The van der Waals surface area contributed by atoms with E-state index in [1.165, 1.54) is 6.26 Å². The number of ether oxygens (including phenoxy) is 1. The van der Waals surface area contributed by atoms with Crippen molar-refractivity contribution in [2.45, 2.75) is 6.61 Å². The molecule has 5 nitrogen and oxygen atoms in total. The third-order valence-corrected chi connectivity index (χ3v) is 2.78. The van der Waals surface area contributed by atoms with E-state index in [0.717, 1.165) is 10.9 Å². The molecule has 20 heavy (non-hydrogen) atoms. The highest BCUT2D eigenvalue weighted by Gasteiger charge is 2.05. The van der Waals surface area contributed by atoms with Gasteiger partial charge in [0.15, 0.2) is 6.61 Å². The lowest BCUT2D eigenvalue weighted by Gasteiger charge is -2.06. The van der Waals surface area contributed by atoms with Gasteiger partial charge in [0.2, 0.25) is 0 Å². The van der Waals surface area contributed by atoms with Gasteiger partial charge in [-0.05, 0) is 36.4 Å². The molecule has 1 amide bonds. The Hall–Kier alpha value is -2.82. The number of benzene rings is 1. The van der Waals surface area contributed by atoms with Gasteiger partial charge in [0.25, 0.3) is 0 Å². The maximum atomic E-state index is 11.7. The molecule has 0 bridgehead atoms. The highest BCUT2D eigenvalue weighted by Crippen LogP contribution is 2.17. The Balaban J connectivity index is 1.65. The van der Waals surface area contributed by atoms with Crippen molar-refractivity contribution in [3.63, 3.8) is 0 Å². The molecule has 0 saturated heterocycles. The fraction of sp³-hybridized carbons (Fsp3) is 0.0667. The first kappa shape index (κ1) is 12.2. The van der Waals surface area contributed by atoms with Crippen LogP contribution in [0.15, 0.2) is 59.3 Å². The number of hydrogen-bond acceptors (Lipinski definition) is 4. The number of rotatable bonds is 3. The van der Waals surface area contributed by atoms with Gasteiger partial charge in [0.05, 0.1) is 11.8 Å². The van der Waals surface area contributed by atoms with E-state index in [0.29, 0.717) is 11.4 Å². The van der Waals surface area contributed by atoms with Gasteiger partial charge < -0.3 is 9.15 Å². The number of aromatic nitrogens is 1. The van der Waals surface area contributed by atoms with Crippen LogP contribution in [0.1, 0.15) is 5.76 Å². The van der Waals surface area contributed by atoms with Crippen molar-refractivity contribution in [3.05, 3.63) is 60.7 Å². The molecule has 0 atom stereocenters. The molecule has 2 heterocycles. The van der Waals surface area contributed by atoms with E-state index >= 15 is 0 Å². The molecule has 0 radical (unpaired) electrons. The summed E-state index contributed by atoms with van der Waals surface area (Å²) in [5, 5.41) is 3.62. The smallest absolute Gasteiger partial charge is 0.412 e. The molecule has 2 aromatic heterocycles. The Morgan fingerprint density at radius 1 is 1.25 bits per heavy atom. The largest absolute Gasteiger partial charge is 0.466 e. The summed E-state index contributed by atoms with van der Waals surface area (Å²) in [7, 11) is 0. The summed E-state index contributed by atoms with van der Waals surface area (Å²) in [6, 6.07) is 12.7. The van der Waals surface area contributed by atoms with Gasteiger partial charge in [-0.15, -0.1) is 0 Å². The number of carbonyl (C=O) groups excluding carboxylic acids is 1. The molecule has 0 spiro atoms. The minimum absolute atomic E-state index is 0.105. The highest BCUT2D eigenvalue weighted by atomic mass is 16.6. The van der Waals surface area contributed by atoms with Crippen LogP contribution in [0.3, 0.4) is 0 Å². The van der Waals surface area contributed by atoms with Crippen molar-refractivity contribution in [3.8, 4) is 0 Å². The third kappa shape index (κ3) is 2.77. The maximum absolute atomic E-state index is 11.7. The van der Waals surface area contributed by atoms with E-state index in [4.69, 9.17) is 9.15 Å². The van der Waals surface area contributed by atoms with Gasteiger partial charge in [0.1, 0.15) is 5.76 Å². The number of pyridine rings is 1. The van der Waals surface area contributed by atoms with Crippen LogP contribution in [0, 0.1) is 0 Å². The number of amides is 1. The molecule has 0 unspecified atom stereocenters. The molecule has 3 rings (SSSR count). The van der Waals surface area contributed by atoms with Crippen molar-refractivity contribution in [2.75, 3.05) is 5.32 Å². The van der Waals surface area contributed by atoms with E-state index < -0.39 is 6.09 Å². The monoisotopic (exact) mass is 268 g/mol. The zero-order chi connectivity index (χ0) is 13.8. The summed E-state index contributed by atoms with van der Waals surface area (Å²) >= 11 is 0. The van der Waals surface area contributed by atoms with Crippen LogP contribution < -0.4 is 5.32 Å². The number of anilines is 1. The van der Waals surface area contributed by atoms with E-state index in [2.05, 4.69) is 10.3 Å². The van der Waals surface area contributed by atoms with Crippen LogP contribution in [0.5, 0.6) is 0 Å². The van der Waals surface area contributed by atoms with Crippen LogP contribution in [0.2, 0.25) is 0 Å². The molecule has 0 saturated carbocycles. The standard InChI is InChI=1S/C15H12N2O3/c18-15(20-10-13-4-2-8-19-13)17-12-5-6-14-11(9-12)3-1-7-16-14/h1-9H,10H2,(H,17,18). The fourth-order valence-corrected chi connectivity index (χ4v) is 1.84. The Labute approximate surface area is 115 Å². The molecular formula is C15H12N2O3. The van der Waals surface area contributed by atoms with E-state index in [1.54, 1.807) is 24.4 Å². The zero-order valence-corrected chi connectivity index (χ0v) is 10.6. The Kier molecular flexibility index (Phi) is 3.33. The first-order valence-electron chi connectivity index (χ1n) is 6.12. The fourth-order valence-electron chi connectivity index (χ4n) is 1.84. The second kappa shape index (κ2) is 5.44. The number of fused-ring (bicyclic) bond motifs is 1. The van der Waals surface area contributed by atoms with Crippen molar-refractivity contribution < 1.29 is 13.9 Å². The average molecular weight is 268 g/mol. The van der Waals surface area contributed by atoms with Crippen LogP contribution in [0.4, 0.5) is 10.5 Å². The number of hydrogen-bond donors (Lipinski definition) is 1. The lowest BCUT2D eigenvalue weighted by molar-refractivity contribution is 0.146. The van der Waals surface area contributed by atoms with Gasteiger partial charge in [-0.1, -0.05) is 6.07 Å². The van der Waals surface area contributed by atoms with Crippen molar-refractivity contribution in [1.82, 2.24) is 4.98 Å². The average Bonchev–Trinajstić information content (AvgIpc) is 2.98. The molecule has 0 aliphatic carbocycles. The number of furan rings is 1. The quantitative estimate of drug-likeness (QED) is 0.788. The predicted molar refractivity (Wildman–Crippen MR) is 74.3 cm³/mol. The molecule has 0 aliphatic heterocycles. The van der Waals surface area contributed by atoms with Gasteiger partial charge >= 0.3 is 6.09 Å². The molecule has 100 valence electrons. The summed E-state index contributed by atoms with van der Waals surface area (Å²) in [5.41, 5.74) is 1.54. The van der Waals surface area contributed by atoms with Crippen molar-refractivity contribution >= 4 is 22.7 Å². The number of nitrogens with zero attached hydrogens (tertiary/aromatic N) is 1. The van der Waals surface area contributed by atoms with E-state index in [9.17, 15) is 4.79 Å². The lowest BCUT2D eigenvalue weighted by Crippen LogP contribution is -2.13. The summed E-state index contributed by atoms with van der Waals surface area (Å²) in [6.07, 6.45) is 2.74. The molecule has 0 aliphatic rings. The zero-order valence-electron chi connectivity index (χ0n) is 10.6. The van der Waals surface area contributed by atoms with Crippen LogP contribution in [0.25, 0.3) is 10.9 Å². The summed E-state index contributed by atoms with van der Waals surface area (Å²) < 4.78 is 10.1. The van der Waals surface area contributed by atoms with E-state index in [1.807, 2.05) is 24.3 Å². The lowest BCUT2D eigenvalue weighted by atomic mass is 10.2. The maximum Gasteiger partial charge on any atom is 0.412 e. The molecule has 1 N–H and O–H groups in total. The van der Waals surface area contributed by atoms with Crippen LogP contribution in [-0.4, -0.2) is 11.1 Å². The Morgan fingerprint density at radius 3 is 3.05 bits per heavy atom. The first-order chi connectivity index (χ1) is 9.81. The Morgan fingerprint density at radius 2 is 2.20 bits per heavy atom. The molecule has 0 fully saturated rings. The first-order valence-corrected chi connectivity index (χ1v) is 6.12. The van der Waals surface area contributed by atoms with Crippen LogP contribution >= 0.6 is 0 Å². The molecule has 1 aromatic carbocycles. The van der Waals surface area contributed by atoms with E-state index in [-0.39, 0.29) is 6.61 Å². The number of nitrogens with one attached hydrogen (secondary N) is 1. The summed E-state index contributed by atoms with van der Waals surface area (Å²) in [5.74, 6) is 0.600. The minimum Gasteiger partial charge on any atom is -0.466 e. The van der Waals surface area contributed by atoms with Crippen molar-refractivity contribution in [2.24, 2.45) is 0 Å². The van der Waals surface area contributed by atoms with Gasteiger partial charge in [0, 0.05) is 17.3 Å². The highest BCUT2D eigenvalue weighted by molar-refractivity contribution is 5.89. The molecule has 5 heteroatoms. The van der Waals surface area contributed by atoms with Crippen molar-refractivity contribution in [1.29, 1.82) is 0 Å². The topological polar surface area (TPSA) is 64.4 Å².